The number of Topliss-reactive ketones (excluding diaryl/α,β-unsaturated/α-hetero) is 1. The number of carbonyl (C=O) groups is 8. The molecule has 5 N–H and O–H groups in total. The maximum Gasteiger partial charge on any atom is 0.407 e. The summed E-state index contributed by atoms with van der Waals surface area (Å²) in [6, 6.07) is 9.26. The molecule has 1 amide bonds. The van der Waals surface area contributed by atoms with Crippen LogP contribution in [0.4, 0.5) is 4.79 Å². The molecule has 3 aromatic carbocycles. The maximum atomic E-state index is 14.1. The van der Waals surface area contributed by atoms with Gasteiger partial charge in [0.25, 0.3) is 0 Å². The van der Waals surface area contributed by atoms with E-state index in [0.717, 1.165) is 34.8 Å². The fraction of sp³-hybridized carbons (Fsp3) is 0.458. The molecule has 2 aliphatic carbocycles. The van der Waals surface area contributed by atoms with Crippen LogP contribution in [-0.4, -0.2) is 137 Å². The number of phenolic OH excluding ortho intramolecular Hbond substituents is 2. The smallest absolute Gasteiger partial charge is 0.407 e. The summed E-state index contributed by atoms with van der Waals surface area (Å²) >= 11 is 0. The molecule has 0 spiro atoms. The van der Waals surface area contributed by atoms with Crippen LogP contribution in [0.1, 0.15) is 114 Å². The van der Waals surface area contributed by atoms with Crippen molar-refractivity contribution >= 4 is 47.3 Å². The number of aromatic hydroxyl groups is 2. The Labute approximate surface area is 399 Å². The first-order chi connectivity index (χ1) is 33.1. The van der Waals surface area contributed by atoms with E-state index < -0.39 is 156 Å². The lowest BCUT2D eigenvalue weighted by molar-refractivity contribution is -0.250. The van der Waals surface area contributed by atoms with Crippen molar-refractivity contribution in [3.05, 3.63) is 87.0 Å². The second kappa shape index (κ2) is 20.2. The van der Waals surface area contributed by atoms with Gasteiger partial charge in [0, 0.05) is 56.7 Å². The monoisotopic (exact) mass is 977 g/mol. The number of fused-ring (bicyclic) bond motifs is 3. The van der Waals surface area contributed by atoms with E-state index in [4.69, 9.17) is 42.6 Å². The van der Waals surface area contributed by atoms with Crippen LogP contribution >= 0.6 is 0 Å². The van der Waals surface area contributed by atoms with Crippen LogP contribution in [0, 0.1) is 0 Å². The van der Waals surface area contributed by atoms with Gasteiger partial charge >= 0.3 is 30.0 Å². The van der Waals surface area contributed by atoms with Gasteiger partial charge in [-0.2, -0.15) is 0 Å². The molecule has 2 fully saturated rings. The summed E-state index contributed by atoms with van der Waals surface area (Å²) in [6.45, 7) is 5.22. The van der Waals surface area contributed by atoms with Crippen molar-refractivity contribution in [2.24, 2.45) is 0 Å². The van der Waals surface area contributed by atoms with Crippen molar-refractivity contribution in [1.29, 1.82) is 0 Å². The third-order valence-corrected chi connectivity index (χ3v) is 12.7. The van der Waals surface area contributed by atoms with Gasteiger partial charge in [-0.05, 0) is 31.0 Å². The molecule has 2 heterocycles. The molecule has 11 atom stereocenters. The number of aliphatic hydroxyl groups is 2. The molecular weight excluding hydrogens is 927 g/mol. The summed E-state index contributed by atoms with van der Waals surface area (Å²) in [5.41, 5.74) is -3.57. The van der Waals surface area contributed by atoms with Gasteiger partial charge < -0.3 is 68.4 Å². The Kier molecular flexibility index (Phi) is 14.7. The normalized spacial score (nSPS) is 27.9. The average molecular weight is 978 g/mol. The Morgan fingerprint density at radius 1 is 0.800 bits per heavy atom. The predicted octanol–water partition coefficient (Wildman–Crippen LogP) is 2.40. The van der Waals surface area contributed by atoms with Gasteiger partial charge in [-0.25, -0.2) is 9.59 Å². The number of methoxy groups -OCH3 is 2. The van der Waals surface area contributed by atoms with E-state index in [2.05, 4.69) is 5.32 Å². The number of nitrogens with one attached hydrogen (secondary N) is 1. The lowest BCUT2D eigenvalue weighted by atomic mass is 9.72. The fourth-order valence-corrected chi connectivity index (χ4v) is 9.41. The van der Waals surface area contributed by atoms with Crippen molar-refractivity contribution < 1.29 is 101 Å². The number of benzene rings is 3. The number of alkyl carbamates (subject to hydrolysis) is 1. The van der Waals surface area contributed by atoms with Gasteiger partial charge in [-0.3, -0.25) is 28.8 Å². The lowest BCUT2D eigenvalue weighted by Gasteiger charge is -2.44. The van der Waals surface area contributed by atoms with E-state index in [9.17, 15) is 58.8 Å². The number of amides is 1. The van der Waals surface area contributed by atoms with Crippen LogP contribution in [-0.2, 0) is 74.9 Å². The van der Waals surface area contributed by atoms with Gasteiger partial charge in [0.05, 0.1) is 49.2 Å². The first-order valence-corrected chi connectivity index (χ1v) is 22.0. The van der Waals surface area contributed by atoms with Crippen molar-refractivity contribution in [1.82, 2.24) is 5.32 Å². The van der Waals surface area contributed by atoms with E-state index >= 15 is 0 Å². The highest BCUT2D eigenvalue weighted by Crippen LogP contribution is 2.53. The fourth-order valence-electron chi connectivity index (χ4n) is 9.41. The number of hydrogen-bond acceptors (Lipinski definition) is 21. The van der Waals surface area contributed by atoms with E-state index in [1.165, 1.54) is 44.4 Å². The van der Waals surface area contributed by atoms with Crippen LogP contribution in [0.15, 0.2) is 42.5 Å². The standard InChI is InChI=1S/C48H51NO21/c1-19-36(54)28(49-47(60)64-18-24-11-8-9-12-25(24)41-42(66-21(3)51)43(67-22(4)52)44(68-23(5)53)45(70-41)46(59)63-7)15-31(65-19)69-30-17-48(61,20(2)50)16-27-33(30)40(58)35-34(38(27)56)37(55)26-13-10-14-29(62-6)32(26)39(35)57/h8-14,19,28,30-31,36,41-45,54,56,58,61H,15-18H2,1-7H3,(H,49,60)/t19-,28-,30-,31-,36+,41-,42-,43+,44-,45-,48-/m0/s1. The molecule has 70 heavy (non-hydrogen) atoms. The lowest BCUT2D eigenvalue weighted by Crippen LogP contribution is -2.60. The summed E-state index contributed by atoms with van der Waals surface area (Å²) in [4.78, 5) is 105. The molecule has 0 saturated carbocycles. The van der Waals surface area contributed by atoms with Crippen LogP contribution < -0.4 is 10.1 Å². The minimum absolute atomic E-state index is 0.0336. The number of esters is 4. The highest BCUT2D eigenvalue weighted by atomic mass is 16.7. The zero-order valence-corrected chi connectivity index (χ0v) is 38.9. The highest BCUT2D eigenvalue weighted by molar-refractivity contribution is 6.31. The van der Waals surface area contributed by atoms with Crippen molar-refractivity contribution in [3.8, 4) is 17.2 Å². The molecule has 7 rings (SSSR count). The molecule has 22 heteroatoms. The number of hydrogen-bond donors (Lipinski definition) is 5. The summed E-state index contributed by atoms with van der Waals surface area (Å²) in [7, 11) is 2.34. The Hall–Kier alpha value is -6.98. The largest absolute Gasteiger partial charge is 0.507 e. The van der Waals surface area contributed by atoms with Gasteiger partial charge in [-0.15, -0.1) is 0 Å². The Balaban J connectivity index is 1.13. The summed E-state index contributed by atoms with van der Waals surface area (Å²) in [5, 5.41) is 49.0. The second-order valence-electron chi connectivity index (χ2n) is 17.2. The Morgan fingerprint density at radius 2 is 1.44 bits per heavy atom. The van der Waals surface area contributed by atoms with Crippen LogP contribution in [0.2, 0.25) is 0 Å². The predicted molar refractivity (Wildman–Crippen MR) is 232 cm³/mol. The molecule has 0 bridgehead atoms. The third kappa shape index (κ3) is 9.64. The molecular formula is C48H51NO21. The van der Waals surface area contributed by atoms with Crippen molar-refractivity contribution in [2.45, 2.75) is 127 Å². The summed E-state index contributed by atoms with van der Waals surface area (Å²) < 4.78 is 50.6. The number of phenols is 2. The first-order valence-electron chi connectivity index (χ1n) is 22.0. The van der Waals surface area contributed by atoms with Gasteiger partial charge in [0.15, 0.2) is 42.3 Å². The van der Waals surface area contributed by atoms with Crippen molar-refractivity contribution in [3.63, 3.8) is 0 Å². The zero-order chi connectivity index (χ0) is 51.1. The van der Waals surface area contributed by atoms with Gasteiger partial charge in [0.2, 0.25) is 5.78 Å². The minimum atomic E-state index is -2.21. The number of carbonyl (C=O) groups excluding carboxylic acids is 8. The Morgan fingerprint density at radius 3 is 2.09 bits per heavy atom. The quantitative estimate of drug-likeness (QED) is 0.0773. The Bertz CT molecular complexity index is 2650. The molecule has 0 aromatic heterocycles. The van der Waals surface area contributed by atoms with Crippen molar-refractivity contribution in [2.75, 3.05) is 14.2 Å². The molecule has 0 radical (unpaired) electrons. The first kappa shape index (κ1) is 50.9. The van der Waals surface area contributed by atoms with E-state index in [0.29, 0.717) is 0 Å². The zero-order valence-electron chi connectivity index (χ0n) is 38.9. The number of rotatable bonds is 12. The van der Waals surface area contributed by atoms with Crippen LogP contribution in [0.25, 0.3) is 0 Å². The number of ether oxygens (including phenoxy) is 9. The molecule has 0 unspecified atom stereocenters. The van der Waals surface area contributed by atoms with E-state index in [1.807, 2.05) is 0 Å². The molecule has 3 aromatic rings. The SMILES string of the molecule is COC(=O)[C@H]1O[C@@H](c2ccccc2COC(=O)N[C@H]2C[C@H](O[C@H]3C[C@](O)(C(C)=O)Cc4c(O)c5c(c(O)c43)C(=O)c3c(OC)cccc3C5=O)O[C@@H](C)[C@H]2O)[C@H](OC(C)=O)[C@@H](OC(C)=O)[C@@H]1OC(C)=O. The molecule has 22 nitrogen and oxygen atoms in total. The molecule has 374 valence electrons. The summed E-state index contributed by atoms with van der Waals surface area (Å²) in [5.74, 6) is -7.53. The van der Waals surface area contributed by atoms with Gasteiger partial charge in [-0.1, -0.05) is 36.4 Å². The van der Waals surface area contributed by atoms with Crippen LogP contribution in [0.3, 0.4) is 0 Å². The number of ketones is 3. The molecule has 2 aliphatic heterocycles. The third-order valence-electron chi connectivity index (χ3n) is 12.7. The second-order valence-corrected chi connectivity index (χ2v) is 17.2. The maximum absolute atomic E-state index is 14.1. The summed E-state index contributed by atoms with van der Waals surface area (Å²) in [6.07, 6.45) is -15.6. The highest BCUT2D eigenvalue weighted by Gasteiger charge is 2.56. The topological polar surface area (TPSA) is 313 Å². The molecule has 2 saturated heterocycles. The van der Waals surface area contributed by atoms with Gasteiger partial charge in [0.1, 0.15) is 41.7 Å². The molecule has 4 aliphatic rings. The number of aliphatic hydroxyl groups excluding tert-OH is 1. The van der Waals surface area contributed by atoms with E-state index in [1.54, 1.807) is 12.1 Å². The van der Waals surface area contributed by atoms with Crippen LogP contribution in [0.5, 0.6) is 17.2 Å². The average Bonchev–Trinajstić information content (AvgIpc) is 3.30. The van der Waals surface area contributed by atoms with E-state index in [-0.39, 0.29) is 45.6 Å². The minimum Gasteiger partial charge on any atom is -0.507 e.